The van der Waals surface area contributed by atoms with E-state index in [4.69, 9.17) is 4.42 Å². The topological polar surface area (TPSA) is 91.7 Å². The molecule has 3 amide bonds. The number of piperidine rings is 1. The van der Waals surface area contributed by atoms with Gasteiger partial charge in [-0.05, 0) is 78.9 Å². The third-order valence-electron chi connectivity index (χ3n) is 6.97. The van der Waals surface area contributed by atoms with E-state index < -0.39 is 17.5 Å². The smallest absolute Gasteiger partial charge is 0.291 e. The molecule has 4 aromatic rings. The van der Waals surface area contributed by atoms with Crippen LogP contribution in [-0.2, 0) is 11.2 Å². The van der Waals surface area contributed by atoms with Crippen molar-refractivity contribution >= 4 is 29.1 Å². The highest BCUT2D eigenvalue weighted by Gasteiger charge is 2.25. The summed E-state index contributed by atoms with van der Waals surface area (Å²) in [7, 11) is 0. The van der Waals surface area contributed by atoms with E-state index in [1.165, 1.54) is 18.4 Å². The highest BCUT2D eigenvalue weighted by molar-refractivity contribution is 6.02. The lowest BCUT2D eigenvalue weighted by molar-refractivity contribution is -0.115. The van der Waals surface area contributed by atoms with Crippen LogP contribution in [0.3, 0.4) is 0 Å². The minimum absolute atomic E-state index is 0.00297. The quantitative estimate of drug-likeness (QED) is 0.299. The normalized spacial score (nSPS) is 13.6. The fourth-order valence-corrected chi connectivity index (χ4v) is 4.80. The molecular formula is C31H27F2N3O4. The number of amides is 3. The Morgan fingerprint density at radius 2 is 1.50 bits per heavy atom. The molecule has 1 fully saturated rings. The zero-order valence-corrected chi connectivity index (χ0v) is 21.5. The summed E-state index contributed by atoms with van der Waals surface area (Å²) in [5.74, 6) is -2.36. The van der Waals surface area contributed by atoms with Crippen LogP contribution in [0.1, 0.15) is 50.8 Å². The number of hydrogen-bond acceptors (Lipinski definition) is 4. The minimum Gasteiger partial charge on any atom is -0.459 e. The molecule has 2 heterocycles. The molecule has 40 heavy (non-hydrogen) atoms. The monoisotopic (exact) mass is 543 g/mol. The van der Waals surface area contributed by atoms with E-state index in [-0.39, 0.29) is 35.5 Å². The summed E-state index contributed by atoms with van der Waals surface area (Å²) in [4.78, 5) is 39.3. The number of rotatable bonds is 7. The van der Waals surface area contributed by atoms with E-state index in [1.807, 2.05) is 17.0 Å². The van der Waals surface area contributed by atoms with Crippen molar-refractivity contribution in [3.63, 3.8) is 0 Å². The van der Waals surface area contributed by atoms with Crippen LogP contribution >= 0.6 is 0 Å². The Hall–Kier alpha value is -4.79. The number of carbonyl (C=O) groups excluding carboxylic acids is 3. The average molecular weight is 544 g/mol. The third kappa shape index (κ3) is 6.26. The lowest BCUT2D eigenvalue weighted by Gasteiger charge is -2.32. The van der Waals surface area contributed by atoms with Gasteiger partial charge in [0.2, 0.25) is 5.91 Å². The summed E-state index contributed by atoms with van der Waals surface area (Å²) < 4.78 is 32.3. The highest BCUT2D eigenvalue weighted by Crippen LogP contribution is 2.30. The average Bonchev–Trinajstić information content (AvgIpc) is 3.52. The molecule has 0 spiro atoms. The summed E-state index contributed by atoms with van der Waals surface area (Å²) in [6.07, 6.45) is 2.76. The largest absolute Gasteiger partial charge is 0.459 e. The lowest BCUT2D eigenvalue weighted by atomic mass is 9.89. The molecule has 0 unspecified atom stereocenters. The van der Waals surface area contributed by atoms with Gasteiger partial charge < -0.3 is 20.0 Å². The van der Waals surface area contributed by atoms with Gasteiger partial charge in [0.1, 0.15) is 0 Å². The predicted molar refractivity (Wildman–Crippen MR) is 146 cm³/mol. The summed E-state index contributed by atoms with van der Waals surface area (Å²) >= 11 is 0. The molecule has 1 saturated heterocycles. The van der Waals surface area contributed by atoms with E-state index in [9.17, 15) is 23.2 Å². The van der Waals surface area contributed by atoms with Gasteiger partial charge in [0.05, 0.1) is 12.7 Å². The van der Waals surface area contributed by atoms with Crippen LogP contribution in [0.2, 0.25) is 0 Å². The Labute approximate surface area is 229 Å². The number of carbonyl (C=O) groups is 3. The van der Waals surface area contributed by atoms with Crippen LogP contribution in [-0.4, -0.2) is 35.7 Å². The van der Waals surface area contributed by atoms with Crippen molar-refractivity contribution in [1.29, 1.82) is 0 Å². The minimum atomic E-state index is -1.01. The number of anilines is 2. The first-order chi connectivity index (χ1) is 19.4. The van der Waals surface area contributed by atoms with Crippen molar-refractivity contribution in [2.24, 2.45) is 0 Å². The van der Waals surface area contributed by atoms with Crippen molar-refractivity contribution in [2.75, 3.05) is 23.7 Å². The lowest BCUT2D eigenvalue weighted by Crippen LogP contribution is -2.37. The second-order valence-electron chi connectivity index (χ2n) is 9.64. The number of nitrogens with one attached hydrogen (secondary N) is 2. The predicted octanol–water partition coefficient (Wildman–Crippen LogP) is 6.01. The fourth-order valence-electron chi connectivity index (χ4n) is 4.80. The fraction of sp³-hybridized carbons (Fsp3) is 0.194. The van der Waals surface area contributed by atoms with E-state index in [0.29, 0.717) is 30.0 Å². The van der Waals surface area contributed by atoms with Crippen LogP contribution in [0.25, 0.3) is 0 Å². The maximum atomic E-state index is 13.8. The van der Waals surface area contributed by atoms with Crippen molar-refractivity contribution in [1.82, 2.24) is 4.90 Å². The van der Waals surface area contributed by atoms with Crippen LogP contribution in [0, 0.1) is 11.6 Å². The van der Waals surface area contributed by atoms with Gasteiger partial charge in [-0.15, -0.1) is 0 Å². The molecule has 7 nitrogen and oxygen atoms in total. The van der Waals surface area contributed by atoms with Gasteiger partial charge in [0.15, 0.2) is 17.4 Å². The van der Waals surface area contributed by atoms with Crippen molar-refractivity contribution in [3.05, 3.63) is 119 Å². The van der Waals surface area contributed by atoms with Crippen LogP contribution in [0.15, 0.2) is 89.5 Å². The summed E-state index contributed by atoms with van der Waals surface area (Å²) in [6.45, 7) is 1.22. The number of nitrogens with zero attached hydrogens (tertiary/aromatic N) is 1. The Bertz CT molecular complexity index is 1490. The van der Waals surface area contributed by atoms with E-state index in [1.54, 1.807) is 48.5 Å². The van der Waals surface area contributed by atoms with E-state index in [0.717, 1.165) is 24.5 Å². The number of benzene rings is 3. The molecule has 0 bridgehead atoms. The Morgan fingerprint density at radius 1 is 0.825 bits per heavy atom. The maximum Gasteiger partial charge on any atom is 0.291 e. The van der Waals surface area contributed by atoms with Crippen molar-refractivity contribution < 1.29 is 27.6 Å². The molecule has 0 aliphatic carbocycles. The highest BCUT2D eigenvalue weighted by atomic mass is 19.2. The number of hydrogen-bond donors (Lipinski definition) is 2. The standard InChI is InChI=1S/C31H27F2N3O4/c32-26-4-1-3-23(29(26)33)19-28(37)34-24-10-6-20(7-11-24)21-14-16-36(17-15-21)31(39)22-8-12-25(13-9-22)35-30(38)27-5-2-18-40-27/h1-13,18,21H,14-17,19H2,(H,34,37)(H,35,38). The van der Waals surface area contributed by atoms with Crippen molar-refractivity contribution in [2.45, 2.75) is 25.2 Å². The van der Waals surface area contributed by atoms with Crippen molar-refractivity contribution in [3.8, 4) is 0 Å². The van der Waals surface area contributed by atoms with Crippen LogP contribution in [0.4, 0.5) is 20.2 Å². The molecule has 2 N–H and O–H groups in total. The zero-order valence-electron chi connectivity index (χ0n) is 21.5. The number of furan rings is 1. The summed E-state index contributed by atoms with van der Waals surface area (Å²) in [5, 5.41) is 5.45. The summed E-state index contributed by atoms with van der Waals surface area (Å²) in [5.41, 5.74) is 2.80. The Morgan fingerprint density at radius 3 is 2.17 bits per heavy atom. The van der Waals surface area contributed by atoms with Gasteiger partial charge in [0.25, 0.3) is 11.8 Å². The van der Waals surface area contributed by atoms with Crippen LogP contribution in [0.5, 0.6) is 0 Å². The van der Waals surface area contributed by atoms with Gasteiger partial charge in [-0.25, -0.2) is 8.78 Å². The molecule has 1 aliphatic rings. The molecule has 0 atom stereocenters. The second-order valence-corrected chi connectivity index (χ2v) is 9.64. The van der Waals surface area contributed by atoms with Gasteiger partial charge in [-0.1, -0.05) is 24.3 Å². The first kappa shape index (κ1) is 26.8. The molecule has 204 valence electrons. The van der Waals surface area contributed by atoms with E-state index >= 15 is 0 Å². The molecular weight excluding hydrogens is 516 g/mol. The van der Waals surface area contributed by atoms with Crippen LogP contribution < -0.4 is 10.6 Å². The molecule has 3 aromatic carbocycles. The maximum absolute atomic E-state index is 13.8. The second kappa shape index (κ2) is 11.9. The Balaban J connectivity index is 1.11. The molecule has 0 radical (unpaired) electrons. The first-order valence-electron chi connectivity index (χ1n) is 12.9. The first-order valence-corrected chi connectivity index (χ1v) is 12.9. The van der Waals surface area contributed by atoms with Gasteiger partial charge in [0, 0.05) is 35.6 Å². The molecule has 9 heteroatoms. The Kier molecular flexibility index (Phi) is 8.00. The number of likely N-dealkylation sites (tertiary alicyclic amines) is 1. The SMILES string of the molecule is O=C(Cc1cccc(F)c1F)Nc1ccc(C2CCN(C(=O)c3ccc(NC(=O)c4ccco4)cc3)CC2)cc1. The zero-order chi connectivity index (χ0) is 28.1. The molecule has 0 saturated carbocycles. The van der Waals surface area contributed by atoms with Gasteiger partial charge in [-0.2, -0.15) is 0 Å². The molecule has 1 aromatic heterocycles. The van der Waals surface area contributed by atoms with Gasteiger partial charge in [-0.3, -0.25) is 14.4 Å². The molecule has 5 rings (SSSR count). The number of halogens is 2. The molecule has 1 aliphatic heterocycles. The van der Waals surface area contributed by atoms with E-state index in [2.05, 4.69) is 10.6 Å². The third-order valence-corrected chi connectivity index (χ3v) is 6.97. The summed E-state index contributed by atoms with van der Waals surface area (Å²) in [6, 6.07) is 21.2. The van der Waals surface area contributed by atoms with Gasteiger partial charge >= 0.3 is 0 Å².